The SMILES string of the molecule is C[C@H](CNC(=O)CNC(=O)OC(C)(C)C)C(=O)OCc1ccccc1. The van der Waals surface area contributed by atoms with Crippen molar-refractivity contribution in [2.45, 2.75) is 39.9 Å². The highest BCUT2D eigenvalue weighted by Crippen LogP contribution is 2.06. The molecule has 0 heterocycles. The number of amides is 2. The second-order valence-electron chi connectivity index (χ2n) is 6.65. The smallest absolute Gasteiger partial charge is 0.408 e. The van der Waals surface area contributed by atoms with E-state index < -0.39 is 29.5 Å². The number of esters is 1. The monoisotopic (exact) mass is 350 g/mol. The molecule has 2 amide bonds. The first kappa shape index (κ1) is 20.5. The highest BCUT2D eigenvalue weighted by atomic mass is 16.6. The molecule has 0 spiro atoms. The van der Waals surface area contributed by atoms with Gasteiger partial charge in [-0.25, -0.2) is 4.79 Å². The van der Waals surface area contributed by atoms with E-state index >= 15 is 0 Å². The van der Waals surface area contributed by atoms with Crippen molar-refractivity contribution in [1.82, 2.24) is 10.6 Å². The number of carbonyl (C=O) groups excluding carboxylic acids is 3. The van der Waals surface area contributed by atoms with E-state index in [0.29, 0.717) is 0 Å². The molecule has 138 valence electrons. The van der Waals surface area contributed by atoms with Gasteiger partial charge in [-0.15, -0.1) is 0 Å². The van der Waals surface area contributed by atoms with Gasteiger partial charge in [0.05, 0.1) is 12.5 Å². The molecule has 1 rings (SSSR count). The van der Waals surface area contributed by atoms with Gasteiger partial charge in [0.15, 0.2) is 0 Å². The highest BCUT2D eigenvalue weighted by Gasteiger charge is 2.18. The van der Waals surface area contributed by atoms with Gasteiger partial charge in [-0.3, -0.25) is 9.59 Å². The number of carbonyl (C=O) groups is 3. The topological polar surface area (TPSA) is 93.7 Å². The van der Waals surface area contributed by atoms with Crippen LogP contribution in [-0.2, 0) is 25.7 Å². The third-order valence-corrected chi connectivity index (χ3v) is 3.02. The standard InChI is InChI=1S/C18H26N2O5/c1-13(16(22)24-12-14-8-6-5-7-9-14)10-19-15(21)11-20-17(23)25-18(2,3)4/h5-9,13H,10-12H2,1-4H3,(H,19,21)(H,20,23)/t13-/m1/s1. The largest absolute Gasteiger partial charge is 0.461 e. The normalized spacial score (nSPS) is 12.0. The van der Waals surface area contributed by atoms with Crippen LogP contribution < -0.4 is 10.6 Å². The third-order valence-electron chi connectivity index (χ3n) is 3.02. The molecule has 7 nitrogen and oxygen atoms in total. The maximum atomic E-state index is 11.9. The van der Waals surface area contributed by atoms with Crippen LogP contribution >= 0.6 is 0 Å². The second-order valence-corrected chi connectivity index (χ2v) is 6.65. The van der Waals surface area contributed by atoms with E-state index in [2.05, 4.69) is 10.6 Å². The molecule has 0 aliphatic rings. The summed E-state index contributed by atoms with van der Waals surface area (Å²) in [6.45, 7) is 6.95. The number of hydrogen-bond acceptors (Lipinski definition) is 5. The summed E-state index contributed by atoms with van der Waals surface area (Å²) in [5.41, 5.74) is 0.269. The van der Waals surface area contributed by atoms with Crippen LogP contribution in [0.5, 0.6) is 0 Å². The number of alkyl carbamates (subject to hydrolysis) is 1. The molecule has 25 heavy (non-hydrogen) atoms. The average Bonchev–Trinajstić information content (AvgIpc) is 2.55. The van der Waals surface area contributed by atoms with Crippen LogP contribution in [-0.4, -0.2) is 36.7 Å². The summed E-state index contributed by atoms with van der Waals surface area (Å²) in [6, 6.07) is 9.34. The van der Waals surface area contributed by atoms with Gasteiger partial charge in [-0.1, -0.05) is 37.3 Å². The van der Waals surface area contributed by atoms with Gasteiger partial charge in [0.2, 0.25) is 5.91 Å². The zero-order valence-corrected chi connectivity index (χ0v) is 15.1. The minimum atomic E-state index is -0.669. The van der Waals surface area contributed by atoms with Gasteiger partial charge in [-0.05, 0) is 26.3 Å². The predicted molar refractivity (Wildman–Crippen MR) is 92.6 cm³/mol. The first-order valence-corrected chi connectivity index (χ1v) is 8.11. The second kappa shape index (κ2) is 9.66. The van der Waals surface area contributed by atoms with Crippen LogP contribution in [0.3, 0.4) is 0 Å². The summed E-state index contributed by atoms with van der Waals surface area (Å²) in [7, 11) is 0. The van der Waals surface area contributed by atoms with Crippen molar-refractivity contribution in [2.75, 3.05) is 13.1 Å². The van der Waals surface area contributed by atoms with Crippen molar-refractivity contribution in [3.05, 3.63) is 35.9 Å². The molecule has 0 fully saturated rings. The molecule has 1 aromatic carbocycles. The Balaban J connectivity index is 2.23. The Bertz CT molecular complexity index is 581. The molecular formula is C18H26N2O5. The molecule has 0 radical (unpaired) electrons. The van der Waals surface area contributed by atoms with Crippen molar-refractivity contribution in [2.24, 2.45) is 5.92 Å². The quantitative estimate of drug-likeness (QED) is 0.734. The van der Waals surface area contributed by atoms with Crippen LogP contribution in [0.25, 0.3) is 0 Å². The lowest BCUT2D eigenvalue weighted by molar-refractivity contribution is -0.149. The Labute approximate surface area is 148 Å². The summed E-state index contributed by atoms with van der Waals surface area (Å²) >= 11 is 0. The van der Waals surface area contributed by atoms with Gasteiger partial charge >= 0.3 is 12.1 Å². The van der Waals surface area contributed by atoms with Crippen LogP contribution in [0.1, 0.15) is 33.3 Å². The number of hydrogen-bond donors (Lipinski definition) is 2. The Hall–Kier alpha value is -2.57. The first-order chi connectivity index (χ1) is 11.7. The van der Waals surface area contributed by atoms with Crippen molar-refractivity contribution >= 4 is 18.0 Å². The van der Waals surface area contributed by atoms with E-state index in [0.717, 1.165) is 5.56 Å². The highest BCUT2D eigenvalue weighted by molar-refractivity contribution is 5.82. The van der Waals surface area contributed by atoms with Gasteiger partial charge in [-0.2, -0.15) is 0 Å². The molecule has 0 aromatic heterocycles. The lowest BCUT2D eigenvalue weighted by atomic mass is 10.2. The van der Waals surface area contributed by atoms with Crippen LogP contribution in [0, 0.1) is 5.92 Å². The molecule has 1 atom stereocenters. The van der Waals surface area contributed by atoms with Gasteiger partial charge in [0, 0.05) is 6.54 Å². The molecule has 0 saturated heterocycles. The van der Waals surface area contributed by atoms with E-state index in [9.17, 15) is 14.4 Å². The fourth-order valence-electron chi connectivity index (χ4n) is 1.75. The lowest BCUT2D eigenvalue weighted by Crippen LogP contribution is -2.41. The van der Waals surface area contributed by atoms with Gasteiger partial charge in [0.25, 0.3) is 0 Å². The van der Waals surface area contributed by atoms with Gasteiger partial charge < -0.3 is 20.1 Å². The zero-order valence-electron chi connectivity index (χ0n) is 15.1. The van der Waals surface area contributed by atoms with E-state index in [4.69, 9.17) is 9.47 Å². The molecular weight excluding hydrogens is 324 g/mol. The summed E-state index contributed by atoms with van der Waals surface area (Å²) in [5, 5.41) is 4.92. The van der Waals surface area contributed by atoms with Gasteiger partial charge in [0.1, 0.15) is 12.2 Å². The molecule has 1 aromatic rings. The Morgan fingerprint density at radius 3 is 2.32 bits per heavy atom. The molecule has 0 bridgehead atoms. The van der Waals surface area contributed by atoms with Crippen LogP contribution in [0.15, 0.2) is 30.3 Å². The minimum Gasteiger partial charge on any atom is -0.461 e. The molecule has 2 N–H and O–H groups in total. The van der Waals surface area contributed by atoms with E-state index in [-0.39, 0.29) is 19.7 Å². The maximum absolute atomic E-state index is 11.9. The summed E-state index contributed by atoms with van der Waals surface area (Å²) in [6.07, 6.45) is -0.669. The zero-order chi connectivity index (χ0) is 18.9. The summed E-state index contributed by atoms with van der Waals surface area (Å²) in [4.78, 5) is 35.0. The van der Waals surface area contributed by atoms with Crippen LogP contribution in [0.2, 0.25) is 0 Å². The van der Waals surface area contributed by atoms with Crippen molar-refractivity contribution in [3.63, 3.8) is 0 Å². The van der Waals surface area contributed by atoms with Crippen molar-refractivity contribution < 1.29 is 23.9 Å². The fourth-order valence-corrected chi connectivity index (χ4v) is 1.75. The molecule has 0 aliphatic heterocycles. The third kappa shape index (κ3) is 9.34. The molecule has 0 saturated carbocycles. The number of rotatable bonds is 7. The van der Waals surface area contributed by atoms with E-state index in [1.165, 1.54) is 0 Å². The lowest BCUT2D eigenvalue weighted by Gasteiger charge is -2.19. The van der Waals surface area contributed by atoms with Crippen molar-refractivity contribution in [1.29, 1.82) is 0 Å². The first-order valence-electron chi connectivity index (χ1n) is 8.11. The molecule has 0 unspecified atom stereocenters. The number of ether oxygens (including phenoxy) is 2. The Morgan fingerprint density at radius 2 is 1.72 bits per heavy atom. The summed E-state index contributed by atoms with van der Waals surface area (Å²) in [5.74, 6) is -1.30. The number of nitrogens with one attached hydrogen (secondary N) is 2. The fraction of sp³-hybridized carbons (Fsp3) is 0.500. The minimum absolute atomic E-state index is 0.127. The molecule has 0 aliphatic carbocycles. The molecule has 7 heteroatoms. The Kier molecular flexibility index (Phi) is 7.91. The van der Waals surface area contributed by atoms with E-state index in [1.54, 1.807) is 27.7 Å². The average molecular weight is 350 g/mol. The van der Waals surface area contributed by atoms with Crippen molar-refractivity contribution in [3.8, 4) is 0 Å². The maximum Gasteiger partial charge on any atom is 0.408 e. The Morgan fingerprint density at radius 1 is 1.08 bits per heavy atom. The van der Waals surface area contributed by atoms with E-state index in [1.807, 2.05) is 30.3 Å². The number of benzene rings is 1. The summed E-state index contributed by atoms with van der Waals surface area (Å²) < 4.78 is 10.2. The van der Waals surface area contributed by atoms with Crippen LogP contribution in [0.4, 0.5) is 4.79 Å². The predicted octanol–water partition coefficient (Wildman–Crippen LogP) is 2.01.